The maximum absolute atomic E-state index is 12.1. The summed E-state index contributed by atoms with van der Waals surface area (Å²) < 4.78 is 0. The number of carboxylic acids is 1. The largest absolute Gasteiger partial charge is 0.479 e. The van der Waals surface area contributed by atoms with Gasteiger partial charge < -0.3 is 15.3 Å². The van der Waals surface area contributed by atoms with E-state index in [1.807, 2.05) is 49.3 Å². The summed E-state index contributed by atoms with van der Waals surface area (Å²) in [6.45, 7) is 0. The van der Waals surface area contributed by atoms with Crippen LogP contribution in [0.2, 0.25) is 0 Å². The number of anilines is 1. The van der Waals surface area contributed by atoms with Crippen molar-refractivity contribution in [2.75, 3.05) is 19.0 Å². The number of amides is 1. The van der Waals surface area contributed by atoms with Crippen LogP contribution in [0.5, 0.6) is 0 Å². The standard InChI is InChI=1S/C19H22N2O3/c1-21(2)16-10-6-7-14(13-16)11-12-17(22)20-18(19(23)24)15-8-4-3-5-9-15/h3-10,13,18H,11-12H2,1-2H3,(H,20,22)(H,23,24)/t18-/m1/s1. The SMILES string of the molecule is CN(C)c1cccc(CCC(=O)N[C@@H](C(=O)O)c2ccccc2)c1. The van der Waals surface area contributed by atoms with E-state index in [2.05, 4.69) is 5.32 Å². The van der Waals surface area contributed by atoms with Gasteiger partial charge >= 0.3 is 5.97 Å². The summed E-state index contributed by atoms with van der Waals surface area (Å²) >= 11 is 0. The van der Waals surface area contributed by atoms with E-state index < -0.39 is 12.0 Å². The van der Waals surface area contributed by atoms with Gasteiger partial charge in [0.05, 0.1) is 0 Å². The number of carbonyl (C=O) groups excluding carboxylic acids is 1. The number of nitrogens with one attached hydrogen (secondary N) is 1. The minimum Gasteiger partial charge on any atom is -0.479 e. The number of aryl methyl sites for hydroxylation is 1. The molecule has 0 radical (unpaired) electrons. The Kier molecular flexibility index (Phi) is 5.95. The van der Waals surface area contributed by atoms with Crippen molar-refractivity contribution in [3.63, 3.8) is 0 Å². The zero-order valence-corrected chi connectivity index (χ0v) is 13.9. The molecule has 0 heterocycles. The molecule has 0 aliphatic carbocycles. The van der Waals surface area contributed by atoms with E-state index in [-0.39, 0.29) is 12.3 Å². The average Bonchev–Trinajstić information content (AvgIpc) is 2.58. The van der Waals surface area contributed by atoms with Gasteiger partial charge in [0.1, 0.15) is 0 Å². The summed E-state index contributed by atoms with van der Waals surface area (Å²) in [7, 11) is 3.92. The molecule has 1 atom stereocenters. The number of nitrogens with zero attached hydrogens (tertiary/aromatic N) is 1. The van der Waals surface area contributed by atoms with Gasteiger partial charge in [-0.1, -0.05) is 42.5 Å². The second-order valence-electron chi connectivity index (χ2n) is 5.81. The summed E-state index contributed by atoms with van der Waals surface area (Å²) in [4.78, 5) is 25.5. The molecule has 2 rings (SSSR count). The van der Waals surface area contributed by atoms with Gasteiger partial charge in [-0.3, -0.25) is 4.79 Å². The number of hydrogen-bond donors (Lipinski definition) is 2. The Bertz CT molecular complexity index is 699. The van der Waals surface area contributed by atoms with E-state index in [0.717, 1.165) is 11.3 Å². The first-order valence-corrected chi connectivity index (χ1v) is 7.81. The van der Waals surface area contributed by atoms with Crippen LogP contribution in [0.4, 0.5) is 5.69 Å². The van der Waals surface area contributed by atoms with Gasteiger partial charge in [0, 0.05) is 26.2 Å². The molecule has 5 nitrogen and oxygen atoms in total. The van der Waals surface area contributed by atoms with E-state index >= 15 is 0 Å². The third-order valence-electron chi connectivity index (χ3n) is 3.75. The lowest BCUT2D eigenvalue weighted by Crippen LogP contribution is -2.33. The highest BCUT2D eigenvalue weighted by Crippen LogP contribution is 2.16. The van der Waals surface area contributed by atoms with Crippen LogP contribution in [0.25, 0.3) is 0 Å². The monoisotopic (exact) mass is 326 g/mol. The van der Waals surface area contributed by atoms with Crippen LogP contribution < -0.4 is 10.2 Å². The number of aliphatic carboxylic acids is 1. The molecule has 0 aromatic heterocycles. The zero-order valence-electron chi connectivity index (χ0n) is 13.9. The number of rotatable bonds is 7. The minimum absolute atomic E-state index is 0.244. The topological polar surface area (TPSA) is 69.6 Å². The lowest BCUT2D eigenvalue weighted by Gasteiger charge is -2.15. The lowest BCUT2D eigenvalue weighted by molar-refractivity contribution is -0.142. The number of benzene rings is 2. The van der Waals surface area contributed by atoms with E-state index in [9.17, 15) is 14.7 Å². The van der Waals surface area contributed by atoms with Crippen LogP contribution in [0.1, 0.15) is 23.6 Å². The van der Waals surface area contributed by atoms with Crippen molar-refractivity contribution >= 4 is 17.6 Å². The summed E-state index contributed by atoms with van der Waals surface area (Å²) in [5.74, 6) is -1.34. The van der Waals surface area contributed by atoms with Gasteiger partial charge in [-0.25, -0.2) is 4.79 Å². The molecule has 0 saturated heterocycles. The first-order chi connectivity index (χ1) is 11.5. The molecule has 0 saturated carbocycles. The third-order valence-corrected chi connectivity index (χ3v) is 3.75. The predicted octanol–water partition coefficient (Wildman–Crippen LogP) is 2.63. The van der Waals surface area contributed by atoms with Gasteiger partial charge in [0.25, 0.3) is 0 Å². The molecule has 2 aromatic carbocycles. The van der Waals surface area contributed by atoms with E-state index in [1.165, 1.54) is 0 Å². The molecule has 2 N–H and O–H groups in total. The Balaban J connectivity index is 1.97. The lowest BCUT2D eigenvalue weighted by atomic mass is 10.1. The molecule has 2 aromatic rings. The molecule has 0 aliphatic rings. The van der Waals surface area contributed by atoms with Crippen molar-refractivity contribution in [3.05, 3.63) is 65.7 Å². The fourth-order valence-corrected chi connectivity index (χ4v) is 2.41. The maximum atomic E-state index is 12.1. The zero-order chi connectivity index (χ0) is 17.5. The van der Waals surface area contributed by atoms with Crippen LogP contribution in [0.3, 0.4) is 0 Å². The van der Waals surface area contributed by atoms with Crippen molar-refractivity contribution in [1.82, 2.24) is 5.32 Å². The molecule has 0 aliphatic heterocycles. The van der Waals surface area contributed by atoms with E-state index in [0.29, 0.717) is 12.0 Å². The molecule has 5 heteroatoms. The first-order valence-electron chi connectivity index (χ1n) is 7.81. The highest BCUT2D eigenvalue weighted by atomic mass is 16.4. The third kappa shape index (κ3) is 4.84. The highest BCUT2D eigenvalue weighted by Gasteiger charge is 2.21. The summed E-state index contributed by atoms with van der Waals surface area (Å²) in [6, 6.07) is 15.6. The van der Waals surface area contributed by atoms with Gasteiger partial charge in [-0.15, -0.1) is 0 Å². The van der Waals surface area contributed by atoms with Crippen molar-refractivity contribution in [1.29, 1.82) is 0 Å². The van der Waals surface area contributed by atoms with Crippen LogP contribution in [-0.4, -0.2) is 31.1 Å². The molecule has 0 bridgehead atoms. The maximum Gasteiger partial charge on any atom is 0.330 e. The van der Waals surface area contributed by atoms with Gasteiger partial charge in [-0.05, 0) is 29.7 Å². The highest BCUT2D eigenvalue weighted by molar-refractivity contribution is 5.84. The molecular formula is C19H22N2O3. The molecule has 1 amide bonds. The molecule has 0 spiro atoms. The molecule has 0 unspecified atom stereocenters. The average molecular weight is 326 g/mol. The Morgan fingerprint density at radius 3 is 2.42 bits per heavy atom. The Labute approximate surface area is 141 Å². The second kappa shape index (κ2) is 8.15. The summed E-state index contributed by atoms with van der Waals surface area (Å²) in [6.07, 6.45) is 0.808. The quantitative estimate of drug-likeness (QED) is 0.820. The van der Waals surface area contributed by atoms with Crippen LogP contribution in [0.15, 0.2) is 54.6 Å². The van der Waals surface area contributed by atoms with Crippen LogP contribution in [0, 0.1) is 0 Å². The smallest absolute Gasteiger partial charge is 0.330 e. The number of hydrogen-bond acceptors (Lipinski definition) is 3. The Morgan fingerprint density at radius 1 is 1.08 bits per heavy atom. The summed E-state index contributed by atoms with van der Waals surface area (Å²) in [5, 5.41) is 11.9. The van der Waals surface area contributed by atoms with Crippen molar-refractivity contribution in [3.8, 4) is 0 Å². The Hall–Kier alpha value is -2.82. The normalized spacial score (nSPS) is 11.6. The molecular weight excluding hydrogens is 304 g/mol. The van der Waals surface area contributed by atoms with E-state index in [1.54, 1.807) is 24.3 Å². The van der Waals surface area contributed by atoms with Gasteiger partial charge in [0.15, 0.2) is 6.04 Å². The van der Waals surface area contributed by atoms with Crippen molar-refractivity contribution in [2.45, 2.75) is 18.9 Å². The summed E-state index contributed by atoms with van der Waals surface area (Å²) in [5.41, 5.74) is 2.68. The second-order valence-corrected chi connectivity index (χ2v) is 5.81. The fourth-order valence-electron chi connectivity index (χ4n) is 2.41. The molecule has 126 valence electrons. The van der Waals surface area contributed by atoms with Crippen molar-refractivity contribution in [2.24, 2.45) is 0 Å². The van der Waals surface area contributed by atoms with Gasteiger partial charge in [0.2, 0.25) is 5.91 Å². The minimum atomic E-state index is -1.07. The van der Waals surface area contributed by atoms with Crippen LogP contribution in [-0.2, 0) is 16.0 Å². The Morgan fingerprint density at radius 2 is 1.79 bits per heavy atom. The van der Waals surface area contributed by atoms with Crippen molar-refractivity contribution < 1.29 is 14.7 Å². The van der Waals surface area contributed by atoms with Gasteiger partial charge in [-0.2, -0.15) is 0 Å². The number of carbonyl (C=O) groups is 2. The van der Waals surface area contributed by atoms with E-state index in [4.69, 9.17) is 0 Å². The first kappa shape index (κ1) is 17.5. The fraction of sp³-hybridized carbons (Fsp3) is 0.263. The number of carboxylic acid groups (broad SMARTS) is 1. The molecule has 0 fully saturated rings. The predicted molar refractivity (Wildman–Crippen MR) is 94.1 cm³/mol. The molecule has 24 heavy (non-hydrogen) atoms. The van der Waals surface area contributed by atoms with Crippen LogP contribution >= 0.6 is 0 Å².